The van der Waals surface area contributed by atoms with E-state index in [2.05, 4.69) is 9.72 Å². The van der Waals surface area contributed by atoms with E-state index in [0.717, 1.165) is 17.5 Å². The number of hydrogen-bond acceptors (Lipinski definition) is 3. The van der Waals surface area contributed by atoms with Gasteiger partial charge in [-0.25, -0.2) is 9.37 Å². The second-order valence-electron chi connectivity index (χ2n) is 4.51. The number of aromatic nitrogens is 1. The molecule has 0 radical (unpaired) electrons. The summed E-state index contributed by atoms with van der Waals surface area (Å²) in [5, 5.41) is 0.842. The maximum Gasteiger partial charge on any atom is 0.387 e. The van der Waals surface area contributed by atoms with Gasteiger partial charge in [-0.3, -0.25) is 0 Å². The summed E-state index contributed by atoms with van der Waals surface area (Å²) in [5.74, 6) is -4.24. The monoisotopic (exact) mass is 323 g/mol. The lowest BCUT2D eigenvalue weighted by atomic mass is 10.2. The molecule has 0 saturated heterocycles. The molecule has 7 heteroatoms. The van der Waals surface area contributed by atoms with Gasteiger partial charge in [0.05, 0.1) is 5.52 Å². The van der Waals surface area contributed by atoms with E-state index < -0.39 is 29.7 Å². The van der Waals surface area contributed by atoms with Gasteiger partial charge < -0.3 is 9.47 Å². The molecule has 3 nitrogen and oxygen atoms in total. The fourth-order valence-electron chi connectivity index (χ4n) is 2.01. The van der Waals surface area contributed by atoms with Gasteiger partial charge in [0.2, 0.25) is 17.4 Å². The molecule has 0 spiro atoms. The molecule has 1 heterocycles. The minimum atomic E-state index is -3.32. The van der Waals surface area contributed by atoms with Crippen LogP contribution in [0.4, 0.5) is 17.6 Å². The summed E-state index contributed by atoms with van der Waals surface area (Å²) in [6.07, 6.45) is 0. The van der Waals surface area contributed by atoms with Crippen LogP contribution < -0.4 is 9.47 Å². The van der Waals surface area contributed by atoms with Crippen LogP contribution in [0.2, 0.25) is 0 Å². The van der Waals surface area contributed by atoms with Gasteiger partial charge in [0.15, 0.2) is 11.6 Å². The van der Waals surface area contributed by atoms with E-state index in [1.165, 1.54) is 6.07 Å². The number of rotatable bonds is 4. The lowest BCUT2D eigenvalue weighted by molar-refractivity contribution is -0.0537. The number of pyridine rings is 1. The summed E-state index contributed by atoms with van der Waals surface area (Å²) >= 11 is 0. The molecular weight excluding hydrogens is 314 g/mol. The van der Waals surface area contributed by atoms with Crippen LogP contribution in [0.3, 0.4) is 0 Å². The van der Waals surface area contributed by atoms with Crippen molar-refractivity contribution in [2.75, 3.05) is 0 Å². The van der Waals surface area contributed by atoms with Gasteiger partial charge >= 0.3 is 6.61 Å². The predicted octanol–water partition coefficient (Wildman–Crippen LogP) is 4.91. The standard InChI is InChI=1S/C16H9F4NO2/c17-10-6-7-12(15(14(10)18)23-16(19)20)22-13-8-5-9-3-1-2-4-11(9)21-13/h1-8,16H. The average Bonchev–Trinajstić information content (AvgIpc) is 2.54. The van der Waals surface area contributed by atoms with Crippen LogP contribution in [0.15, 0.2) is 48.5 Å². The van der Waals surface area contributed by atoms with Crippen LogP contribution in [0.1, 0.15) is 0 Å². The molecule has 1 aromatic heterocycles. The number of halogens is 4. The molecule has 0 aliphatic carbocycles. The lowest BCUT2D eigenvalue weighted by Gasteiger charge is -2.12. The molecule has 23 heavy (non-hydrogen) atoms. The first-order chi connectivity index (χ1) is 11.0. The molecule has 0 amide bonds. The molecular formula is C16H9F4NO2. The SMILES string of the molecule is Fc1ccc(Oc2ccc3ccccc3n2)c(OC(F)F)c1F. The summed E-state index contributed by atoms with van der Waals surface area (Å²) in [4.78, 5) is 4.16. The van der Waals surface area contributed by atoms with Gasteiger partial charge in [-0.1, -0.05) is 18.2 Å². The highest BCUT2D eigenvalue weighted by molar-refractivity contribution is 5.78. The largest absolute Gasteiger partial charge is 0.435 e. The number of alkyl halides is 2. The maximum atomic E-state index is 13.6. The summed E-state index contributed by atoms with van der Waals surface area (Å²) < 4.78 is 60.9. The molecule has 118 valence electrons. The van der Waals surface area contributed by atoms with Gasteiger partial charge in [0, 0.05) is 11.5 Å². The van der Waals surface area contributed by atoms with Crippen molar-refractivity contribution in [1.82, 2.24) is 4.98 Å². The number of benzene rings is 2. The second-order valence-corrected chi connectivity index (χ2v) is 4.51. The van der Waals surface area contributed by atoms with Crippen molar-refractivity contribution in [3.05, 3.63) is 60.2 Å². The zero-order valence-corrected chi connectivity index (χ0v) is 11.5. The molecule has 0 N–H and O–H groups in total. The topological polar surface area (TPSA) is 31.4 Å². The first kappa shape index (κ1) is 15.1. The molecule has 0 fully saturated rings. The highest BCUT2D eigenvalue weighted by Crippen LogP contribution is 2.36. The Morgan fingerprint density at radius 3 is 2.48 bits per heavy atom. The number of nitrogens with zero attached hydrogens (tertiary/aromatic N) is 1. The minimum absolute atomic E-state index is 0.0359. The Kier molecular flexibility index (Phi) is 4.01. The highest BCUT2D eigenvalue weighted by Gasteiger charge is 2.20. The smallest absolute Gasteiger partial charge is 0.387 e. The first-order valence-electron chi connectivity index (χ1n) is 6.51. The summed E-state index contributed by atoms with van der Waals surface area (Å²) in [6.45, 7) is -3.32. The predicted molar refractivity (Wildman–Crippen MR) is 74.8 cm³/mol. The second kappa shape index (κ2) is 6.12. The number of para-hydroxylation sites is 1. The van der Waals surface area contributed by atoms with Crippen molar-refractivity contribution in [2.24, 2.45) is 0 Å². The maximum absolute atomic E-state index is 13.6. The molecule has 0 saturated carbocycles. The van der Waals surface area contributed by atoms with Gasteiger partial charge in [0.1, 0.15) is 0 Å². The van der Waals surface area contributed by atoms with Crippen LogP contribution in [-0.4, -0.2) is 11.6 Å². The van der Waals surface area contributed by atoms with Gasteiger partial charge in [0.25, 0.3) is 0 Å². The Bertz CT molecular complexity index is 855. The van der Waals surface area contributed by atoms with Crippen molar-refractivity contribution < 1.29 is 27.0 Å². The van der Waals surface area contributed by atoms with Crippen LogP contribution >= 0.6 is 0 Å². The van der Waals surface area contributed by atoms with Gasteiger partial charge in [-0.2, -0.15) is 13.2 Å². The van der Waals surface area contributed by atoms with E-state index in [1.54, 1.807) is 18.2 Å². The quantitative estimate of drug-likeness (QED) is 0.640. The van der Waals surface area contributed by atoms with Gasteiger partial charge in [-0.05, 0) is 24.3 Å². The van der Waals surface area contributed by atoms with Crippen molar-refractivity contribution in [3.63, 3.8) is 0 Å². The molecule has 0 aliphatic rings. The van der Waals surface area contributed by atoms with Crippen LogP contribution in [0, 0.1) is 11.6 Å². The summed E-state index contributed by atoms with van der Waals surface area (Å²) in [6, 6.07) is 12.1. The highest BCUT2D eigenvalue weighted by atomic mass is 19.3. The molecule has 2 aromatic carbocycles. The van der Waals surface area contributed by atoms with Crippen molar-refractivity contribution in [2.45, 2.75) is 6.61 Å². The first-order valence-corrected chi connectivity index (χ1v) is 6.51. The van der Waals surface area contributed by atoms with Gasteiger partial charge in [-0.15, -0.1) is 0 Å². The number of fused-ring (bicyclic) bond motifs is 1. The van der Waals surface area contributed by atoms with E-state index in [-0.39, 0.29) is 5.88 Å². The van der Waals surface area contributed by atoms with E-state index >= 15 is 0 Å². The normalized spacial score (nSPS) is 11.0. The Balaban J connectivity index is 1.99. The Labute approximate surface area is 128 Å². The number of ether oxygens (including phenoxy) is 2. The Morgan fingerprint density at radius 2 is 1.70 bits per heavy atom. The van der Waals surface area contributed by atoms with Crippen LogP contribution in [0.5, 0.6) is 17.4 Å². The van der Waals surface area contributed by atoms with Crippen molar-refractivity contribution in [3.8, 4) is 17.4 Å². The molecule has 3 aromatic rings. The minimum Gasteiger partial charge on any atom is -0.435 e. The lowest BCUT2D eigenvalue weighted by Crippen LogP contribution is -2.06. The van der Waals surface area contributed by atoms with Crippen molar-refractivity contribution in [1.29, 1.82) is 0 Å². The third kappa shape index (κ3) is 3.18. The average molecular weight is 323 g/mol. The zero-order valence-electron chi connectivity index (χ0n) is 11.5. The molecule has 3 rings (SSSR count). The third-order valence-electron chi connectivity index (χ3n) is 3.01. The van der Waals surface area contributed by atoms with Crippen LogP contribution in [0.25, 0.3) is 10.9 Å². The fourth-order valence-corrected chi connectivity index (χ4v) is 2.01. The zero-order chi connectivity index (χ0) is 16.4. The Morgan fingerprint density at radius 1 is 0.913 bits per heavy atom. The molecule has 0 atom stereocenters. The van der Waals surface area contributed by atoms with E-state index in [0.29, 0.717) is 5.52 Å². The van der Waals surface area contributed by atoms with Crippen LogP contribution in [-0.2, 0) is 0 Å². The van der Waals surface area contributed by atoms with E-state index in [9.17, 15) is 17.6 Å². The molecule has 0 unspecified atom stereocenters. The molecule has 0 aliphatic heterocycles. The fraction of sp³-hybridized carbons (Fsp3) is 0.0625. The summed E-state index contributed by atoms with van der Waals surface area (Å²) in [5.41, 5.74) is 0.601. The molecule has 0 bridgehead atoms. The third-order valence-corrected chi connectivity index (χ3v) is 3.01. The van der Waals surface area contributed by atoms with E-state index in [4.69, 9.17) is 4.74 Å². The van der Waals surface area contributed by atoms with Crippen molar-refractivity contribution >= 4 is 10.9 Å². The number of hydrogen-bond donors (Lipinski definition) is 0. The van der Waals surface area contributed by atoms with E-state index in [1.807, 2.05) is 12.1 Å². The summed E-state index contributed by atoms with van der Waals surface area (Å²) in [7, 11) is 0. The Hall–Kier alpha value is -2.83.